The lowest BCUT2D eigenvalue weighted by Gasteiger charge is -2.09. The van der Waals surface area contributed by atoms with Gasteiger partial charge >= 0.3 is 0 Å². The van der Waals surface area contributed by atoms with Crippen molar-refractivity contribution < 1.29 is 13.5 Å². The number of rotatable bonds is 4. The minimum absolute atomic E-state index is 0.257. The second kappa shape index (κ2) is 5.73. The first kappa shape index (κ1) is 14.5. The van der Waals surface area contributed by atoms with Crippen molar-refractivity contribution in [3.63, 3.8) is 0 Å². The third-order valence-electron chi connectivity index (χ3n) is 3.46. The molecule has 0 amide bonds. The van der Waals surface area contributed by atoms with Gasteiger partial charge in [0.1, 0.15) is 12.4 Å². The highest BCUT2D eigenvalue weighted by Gasteiger charge is 2.14. The summed E-state index contributed by atoms with van der Waals surface area (Å²) < 4.78 is 33.9. The Kier molecular flexibility index (Phi) is 3.77. The summed E-state index contributed by atoms with van der Waals surface area (Å²) in [4.78, 5) is 4.32. The van der Waals surface area contributed by atoms with E-state index < -0.39 is 11.6 Å². The number of halogens is 2. The maximum absolute atomic E-state index is 13.6. The summed E-state index contributed by atoms with van der Waals surface area (Å²) in [5.41, 5.74) is 8.26. The third-order valence-corrected chi connectivity index (χ3v) is 3.46. The van der Waals surface area contributed by atoms with Crippen LogP contribution in [0.4, 0.5) is 14.5 Å². The Labute approximate surface area is 126 Å². The number of anilines is 1. The number of hydrogen-bond acceptors (Lipinski definition) is 3. The van der Waals surface area contributed by atoms with Gasteiger partial charge in [-0.1, -0.05) is 12.1 Å². The van der Waals surface area contributed by atoms with E-state index in [1.54, 1.807) is 19.2 Å². The minimum atomic E-state index is -0.909. The molecule has 2 N–H and O–H groups in total. The van der Waals surface area contributed by atoms with Crippen LogP contribution in [-0.4, -0.2) is 16.7 Å². The Morgan fingerprint density at radius 3 is 2.50 bits per heavy atom. The van der Waals surface area contributed by atoms with Crippen LogP contribution < -0.4 is 5.73 Å². The first-order valence-electron chi connectivity index (χ1n) is 6.76. The Bertz CT molecular complexity index is 812. The molecule has 3 aromatic rings. The lowest BCUT2D eigenvalue weighted by Crippen LogP contribution is -2.06. The van der Waals surface area contributed by atoms with Crippen molar-refractivity contribution in [2.45, 2.75) is 13.2 Å². The summed E-state index contributed by atoms with van der Waals surface area (Å²) in [7, 11) is 1.55. The number of methoxy groups -OCH3 is 1. The Morgan fingerprint density at radius 2 is 1.82 bits per heavy atom. The topological polar surface area (TPSA) is 53.1 Å². The monoisotopic (exact) mass is 303 g/mol. The van der Waals surface area contributed by atoms with Crippen LogP contribution in [0.3, 0.4) is 0 Å². The van der Waals surface area contributed by atoms with Gasteiger partial charge in [0.15, 0.2) is 11.6 Å². The van der Waals surface area contributed by atoms with E-state index in [-0.39, 0.29) is 6.61 Å². The molecule has 4 nitrogen and oxygen atoms in total. The quantitative estimate of drug-likeness (QED) is 0.754. The molecule has 0 fully saturated rings. The molecule has 3 rings (SSSR count). The first-order valence-corrected chi connectivity index (χ1v) is 6.76. The molecule has 1 heterocycles. The average molecular weight is 303 g/mol. The third kappa shape index (κ3) is 2.65. The van der Waals surface area contributed by atoms with Crippen molar-refractivity contribution in [1.82, 2.24) is 9.55 Å². The number of fused-ring (bicyclic) bond motifs is 1. The van der Waals surface area contributed by atoms with Crippen LogP contribution in [-0.2, 0) is 17.9 Å². The van der Waals surface area contributed by atoms with E-state index in [9.17, 15) is 8.78 Å². The second-order valence-corrected chi connectivity index (χ2v) is 5.04. The minimum Gasteiger partial charge on any atom is -0.399 e. The number of hydrogen-bond donors (Lipinski definition) is 1. The Morgan fingerprint density at radius 1 is 1.14 bits per heavy atom. The van der Waals surface area contributed by atoms with Gasteiger partial charge in [0.05, 0.1) is 11.0 Å². The molecule has 0 aliphatic rings. The summed E-state index contributed by atoms with van der Waals surface area (Å²) in [5.74, 6) is -1.19. The number of benzene rings is 2. The predicted molar refractivity (Wildman–Crippen MR) is 80.3 cm³/mol. The van der Waals surface area contributed by atoms with E-state index in [0.717, 1.165) is 17.7 Å². The van der Waals surface area contributed by atoms with Gasteiger partial charge in [-0.05, 0) is 17.7 Å². The lowest BCUT2D eigenvalue weighted by atomic mass is 10.2. The van der Waals surface area contributed by atoms with Gasteiger partial charge < -0.3 is 15.0 Å². The summed E-state index contributed by atoms with van der Waals surface area (Å²) in [6.45, 7) is 0.730. The number of nitrogens with zero attached hydrogens (tertiary/aromatic N) is 2. The molecule has 0 unspecified atom stereocenters. The van der Waals surface area contributed by atoms with Crippen molar-refractivity contribution >= 4 is 16.7 Å². The van der Waals surface area contributed by atoms with E-state index in [2.05, 4.69) is 4.98 Å². The summed E-state index contributed by atoms with van der Waals surface area (Å²) >= 11 is 0. The van der Waals surface area contributed by atoms with Gasteiger partial charge in [-0.2, -0.15) is 0 Å². The smallest absolute Gasteiger partial charge is 0.161 e. The number of nitrogens with two attached hydrogens (primary N) is 1. The molecule has 0 saturated carbocycles. The molecule has 0 radical (unpaired) electrons. The fourth-order valence-corrected chi connectivity index (χ4v) is 2.39. The molecule has 0 spiro atoms. The standard InChI is InChI=1S/C16H15F2N3O/c1-22-9-16-20-14-6-12(17)13(18)7-15(14)21(16)8-10-2-4-11(19)5-3-10/h2-7H,8-9,19H2,1H3. The van der Waals surface area contributed by atoms with Crippen LogP contribution >= 0.6 is 0 Å². The van der Waals surface area contributed by atoms with Crippen LogP contribution in [0.2, 0.25) is 0 Å². The van der Waals surface area contributed by atoms with E-state index in [4.69, 9.17) is 10.5 Å². The lowest BCUT2D eigenvalue weighted by molar-refractivity contribution is 0.175. The van der Waals surface area contributed by atoms with Gasteiger partial charge in [0.2, 0.25) is 0 Å². The molecular formula is C16H15F2N3O. The SMILES string of the molecule is COCc1nc2cc(F)c(F)cc2n1Cc1ccc(N)cc1. The van der Waals surface area contributed by atoms with Gasteiger partial charge in [-0.3, -0.25) is 0 Å². The molecule has 0 bridgehead atoms. The van der Waals surface area contributed by atoms with E-state index >= 15 is 0 Å². The van der Waals surface area contributed by atoms with Gasteiger partial charge in [0.25, 0.3) is 0 Å². The van der Waals surface area contributed by atoms with Crippen molar-refractivity contribution in [3.05, 3.63) is 59.4 Å². The molecule has 2 aromatic carbocycles. The maximum atomic E-state index is 13.6. The highest BCUT2D eigenvalue weighted by molar-refractivity contribution is 5.76. The first-order chi connectivity index (χ1) is 10.6. The molecular weight excluding hydrogens is 288 g/mol. The second-order valence-electron chi connectivity index (χ2n) is 5.04. The normalized spacial score (nSPS) is 11.2. The number of ether oxygens (including phenoxy) is 1. The van der Waals surface area contributed by atoms with Crippen molar-refractivity contribution in [2.75, 3.05) is 12.8 Å². The zero-order chi connectivity index (χ0) is 15.7. The molecule has 0 aliphatic carbocycles. The highest BCUT2D eigenvalue weighted by atomic mass is 19.2. The van der Waals surface area contributed by atoms with Crippen molar-refractivity contribution in [3.8, 4) is 0 Å². The molecule has 22 heavy (non-hydrogen) atoms. The van der Waals surface area contributed by atoms with Crippen molar-refractivity contribution in [1.29, 1.82) is 0 Å². The zero-order valence-corrected chi connectivity index (χ0v) is 12.0. The molecule has 6 heteroatoms. The number of aromatic nitrogens is 2. The zero-order valence-electron chi connectivity index (χ0n) is 12.0. The molecule has 114 valence electrons. The molecule has 0 saturated heterocycles. The van der Waals surface area contributed by atoms with Crippen molar-refractivity contribution in [2.24, 2.45) is 0 Å². The highest BCUT2D eigenvalue weighted by Crippen LogP contribution is 2.22. The number of imidazole rings is 1. The predicted octanol–water partition coefficient (Wildman–Crippen LogP) is 3.09. The molecule has 0 aliphatic heterocycles. The van der Waals surface area contributed by atoms with Crippen LogP contribution in [0.15, 0.2) is 36.4 Å². The summed E-state index contributed by atoms with van der Waals surface area (Å²) in [5, 5.41) is 0. The largest absolute Gasteiger partial charge is 0.399 e. The van der Waals surface area contributed by atoms with E-state index in [0.29, 0.717) is 29.1 Å². The number of nitrogen functional groups attached to an aromatic ring is 1. The van der Waals surface area contributed by atoms with Crippen LogP contribution in [0.25, 0.3) is 11.0 Å². The molecule has 0 atom stereocenters. The average Bonchev–Trinajstić information content (AvgIpc) is 2.80. The fraction of sp³-hybridized carbons (Fsp3) is 0.188. The summed E-state index contributed by atoms with van der Waals surface area (Å²) in [6, 6.07) is 9.63. The van der Waals surface area contributed by atoms with Crippen LogP contribution in [0.5, 0.6) is 0 Å². The molecule has 1 aromatic heterocycles. The summed E-state index contributed by atoms with van der Waals surface area (Å²) in [6.07, 6.45) is 0. The van der Waals surface area contributed by atoms with Gasteiger partial charge in [-0.25, -0.2) is 13.8 Å². The Hall–Kier alpha value is -2.47. The van der Waals surface area contributed by atoms with E-state index in [1.165, 1.54) is 0 Å². The fourth-order valence-electron chi connectivity index (χ4n) is 2.39. The van der Waals surface area contributed by atoms with E-state index in [1.807, 2.05) is 16.7 Å². The van der Waals surface area contributed by atoms with Crippen LogP contribution in [0, 0.1) is 11.6 Å². The maximum Gasteiger partial charge on any atom is 0.161 e. The van der Waals surface area contributed by atoms with Gasteiger partial charge in [0, 0.05) is 31.5 Å². The Balaban J connectivity index is 2.10. The van der Waals surface area contributed by atoms with Gasteiger partial charge in [-0.15, -0.1) is 0 Å². The van der Waals surface area contributed by atoms with Crippen LogP contribution in [0.1, 0.15) is 11.4 Å².